The molecule has 100 valence electrons. The van der Waals surface area contributed by atoms with Gasteiger partial charge in [-0.15, -0.1) is 21.5 Å². The van der Waals surface area contributed by atoms with Crippen molar-refractivity contribution in [3.05, 3.63) is 29.7 Å². The van der Waals surface area contributed by atoms with Crippen molar-refractivity contribution >= 4 is 11.3 Å². The van der Waals surface area contributed by atoms with Crippen LogP contribution >= 0.6 is 11.3 Å². The minimum atomic E-state index is 0.642. The Balaban J connectivity index is 1.74. The zero-order chi connectivity index (χ0) is 13.4. The van der Waals surface area contributed by atoms with Crippen molar-refractivity contribution in [1.82, 2.24) is 35.0 Å². The first kappa shape index (κ1) is 11.6. The lowest BCUT2D eigenvalue weighted by molar-refractivity contribution is 0.508. The molecule has 1 aliphatic heterocycles. The fraction of sp³-hybridized carbons (Fsp3) is 0.250. The van der Waals surface area contributed by atoms with Crippen molar-refractivity contribution in [3.8, 4) is 22.4 Å². The van der Waals surface area contributed by atoms with Gasteiger partial charge >= 0.3 is 0 Å². The summed E-state index contributed by atoms with van der Waals surface area (Å²) < 4.78 is 2.11. The van der Waals surface area contributed by atoms with Gasteiger partial charge in [0.25, 0.3) is 0 Å². The number of nitrogens with zero attached hydrogens (tertiary/aromatic N) is 6. The van der Waals surface area contributed by atoms with E-state index in [0.717, 1.165) is 42.0 Å². The minimum Gasteiger partial charge on any atom is -0.308 e. The highest BCUT2D eigenvalue weighted by atomic mass is 32.1. The molecular formula is C12H11N7S. The van der Waals surface area contributed by atoms with E-state index in [1.54, 1.807) is 18.5 Å². The molecule has 0 spiro atoms. The first-order chi connectivity index (χ1) is 9.92. The van der Waals surface area contributed by atoms with Crippen LogP contribution in [0.1, 0.15) is 5.82 Å². The van der Waals surface area contributed by atoms with Crippen LogP contribution in [0.4, 0.5) is 0 Å². The van der Waals surface area contributed by atoms with E-state index in [1.165, 1.54) is 11.3 Å². The summed E-state index contributed by atoms with van der Waals surface area (Å²) in [6.45, 7) is 2.55. The van der Waals surface area contributed by atoms with Crippen LogP contribution < -0.4 is 5.32 Å². The van der Waals surface area contributed by atoms with Gasteiger partial charge in [0, 0.05) is 30.9 Å². The van der Waals surface area contributed by atoms with Crippen LogP contribution in [0.25, 0.3) is 22.4 Å². The third kappa shape index (κ3) is 1.89. The maximum atomic E-state index is 4.58. The van der Waals surface area contributed by atoms with Gasteiger partial charge in [-0.25, -0.2) is 15.0 Å². The van der Waals surface area contributed by atoms with E-state index < -0.39 is 0 Å². The molecule has 0 saturated carbocycles. The quantitative estimate of drug-likeness (QED) is 0.755. The molecule has 20 heavy (non-hydrogen) atoms. The van der Waals surface area contributed by atoms with Gasteiger partial charge in [0.15, 0.2) is 16.7 Å². The monoisotopic (exact) mass is 285 g/mol. The molecule has 0 bridgehead atoms. The topological polar surface area (TPSA) is 81.4 Å². The van der Waals surface area contributed by atoms with Crippen molar-refractivity contribution in [2.45, 2.75) is 13.1 Å². The summed E-state index contributed by atoms with van der Waals surface area (Å²) in [5, 5.41) is 14.5. The molecule has 0 amide bonds. The number of thiazole rings is 1. The lowest BCUT2D eigenvalue weighted by Crippen LogP contribution is -2.28. The zero-order valence-electron chi connectivity index (χ0n) is 10.5. The number of hydrogen-bond donors (Lipinski definition) is 1. The molecule has 3 aromatic heterocycles. The molecule has 3 aromatic rings. The molecular weight excluding hydrogens is 274 g/mol. The van der Waals surface area contributed by atoms with Crippen LogP contribution in [0.2, 0.25) is 0 Å². The predicted molar refractivity (Wildman–Crippen MR) is 73.9 cm³/mol. The third-order valence-corrected chi connectivity index (χ3v) is 3.95. The predicted octanol–water partition coefficient (Wildman–Crippen LogP) is 0.962. The fourth-order valence-corrected chi connectivity index (χ4v) is 2.91. The van der Waals surface area contributed by atoms with Crippen LogP contribution in [-0.4, -0.2) is 36.3 Å². The molecule has 1 aliphatic rings. The second-order valence-electron chi connectivity index (χ2n) is 4.38. The lowest BCUT2D eigenvalue weighted by atomic mass is 10.4. The Morgan fingerprint density at radius 2 is 2.10 bits per heavy atom. The Morgan fingerprint density at radius 1 is 1.20 bits per heavy atom. The van der Waals surface area contributed by atoms with Crippen LogP contribution in [0.3, 0.4) is 0 Å². The van der Waals surface area contributed by atoms with Crippen molar-refractivity contribution in [1.29, 1.82) is 0 Å². The molecule has 0 unspecified atom stereocenters. The Bertz CT molecular complexity index is 733. The molecule has 4 heterocycles. The van der Waals surface area contributed by atoms with Crippen LogP contribution in [0, 0.1) is 0 Å². The molecule has 0 fully saturated rings. The Morgan fingerprint density at radius 3 is 3.00 bits per heavy atom. The molecule has 0 aromatic carbocycles. The normalized spacial score (nSPS) is 14.2. The first-order valence-corrected chi connectivity index (χ1v) is 7.16. The molecule has 1 N–H and O–H groups in total. The van der Waals surface area contributed by atoms with Crippen molar-refractivity contribution in [2.75, 3.05) is 6.54 Å². The molecule has 0 atom stereocenters. The van der Waals surface area contributed by atoms with Crippen molar-refractivity contribution in [2.24, 2.45) is 0 Å². The fourth-order valence-electron chi connectivity index (χ4n) is 2.17. The number of hydrogen-bond acceptors (Lipinski definition) is 7. The Hall–Kier alpha value is -2.19. The van der Waals surface area contributed by atoms with Crippen LogP contribution in [0.5, 0.6) is 0 Å². The molecule has 0 aliphatic carbocycles. The van der Waals surface area contributed by atoms with E-state index in [9.17, 15) is 0 Å². The molecule has 0 saturated heterocycles. The summed E-state index contributed by atoms with van der Waals surface area (Å²) in [5.41, 5.74) is 0.832. The van der Waals surface area contributed by atoms with Crippen LogP contribution in [-0.2, 0) is 13.1 Å². The highest BCUT2D eigenvalue weighted by Crippen LogP contribution is 2.26. The van der Waals surface area contributed by atoms with Gasteiger partial charge in [-0.2, -0.15) is 0 Å². The molecule has 8 heteroatoms. The largest absolute Gasteiger partial charge is 0.308 e. The van der Waals surface area contributed by atoms with Gasteiger partial charge in [0.1, 0.15) is 11.5 Å². The van der Waals surface area contributed by atoms with Gasteiger partial charge in [0.05, 0.1) is 6.54 Å². The highest BCUT2D eigenvalue weighted by molar-refractivity contribution is 7.13. The maximum absolute atomic E-state index is 4.58. The standard InChI is InChI=1S/C12H11N7S/c1-2-14-10(15-3-1)12-16-8(7-20-12)11-18-17-9-6-13-4-5-19(9)11/h1-3,7,13H,4-6H2. The maximum Gasteiger partial charge on any atom is 0.188 e. The second kappa shape index (κ2) is 4.73. The van der Waals surface area contributed by atoms with E-state index in [2.05, 4.69) is 35.0 Å². The second-order valence-corrected chi connectivity index (χ2v) is 5.24. The third-order valence-electron chi connectivity index (χ3n) is 3.11. The number of rotatable bonds is 2. The smallest absolute Gasteiger partial charge is 0.188 e. The van der Waals surface area contributed by atoms with Crippen LogP contribution in [0.15, 0.2) is 23.8 Å². The van der Waals surface area contributed by atoms with Gasteiger partial charge < -0.3 is 9.88 Å². The van der Waals surface area contributed by atoms with E-state index in [1.807, 2.05) is 5.38 Å². The van der Waals surface area contributed by atoms with E-state index >= 15 is 0 Å². The summed E-state index contributed by atoms with van der Waals surface area (Å²) in [7, 11) is 0. The zero-order valence-corrected chi connectivity index (χ0v) is 11.3. The number of nitrogens with one attached hydrogen (secondary N) is 1. The van der Waals surface area contributed by atoms with E-state index in [0.29, 0.717) is 5.82 Å². The first-order valence-electron chi connectivity index (χ1n) is 6.28. The summed E-state index contributed by atoms with van der Waals surface area (Å²) in [6, 6.07) is 1.79. The summed E-state index contributed by atoms with van der Waals surface area (Å²) in [5.74, 6) is 2.42. The Labute approximate surface area is 118 Å². The van der Waals surface area contributed by atoms with Gasteiger partial charge in [-0.3, -0.25) is 0 Å². The number of fused-ring (bicyclic) bond motifs is 1. The summed E-state index contributed by atoms with van der Waals surface area (Å²) in [6.07, 6.45) is 3.43. The van der Waals surface area contributed by atoms with Crippen molar-refractivity contribution < 1.29 is 0 Å². The highest BCUT2D eigenvalue weighted by Gasteiger charge is 2.19. The minimum absolute atomic E-state index is 0.642. The molecule has 4 rings (SSSR count). The lowest BCUT2D eigenvalue weighted by Gasteiger charge is -2.15. The summed E-state index contributed by atoms with van der Waals surface area (Å²) >= 11 is 1.52. The van der Waals surface area contributed by atoms with Gasteiger partial charge in [-0.1, -0.05) is 0 Å². The van der Waals surface area contributed by atoms with Gasteiger partial charge in [-0.05, 0) is 6.07 Å². The molecule has 0 radical (unpaired) electrons. The summed E-state index contributed by atoms with van der Waals surface area (Å²) in [4.78, 5) is 13.0. The van der Waals surface area contributed by atoms with Gasteiger partial charge in [0.2, 0.25) is 0 Å². The SMILES string of the molecule is c1cnc(-c2nc(-c3nnc4n3CCNC4)cs2)nc1. The van der Waals surface area contributed by atoms with Crippen molar-refractivity contribution in [3.63, 3.8) is 0 Å². The average molecular weight is 285 g/mol. The van der Waals surface area contributed by atoms with E-state index in [4.69, 9.17) is 0 Å². The Kier molecular flexibility index (Phi) is 2.75. The average Bonchev–Trinajstić information content (AvgIpc) is 3.14. The molecule has 7 nitrogen and oxygen atoms in total. The van der Waals surface area contributed by atoms with E-state index in [-0.39, 0.29) is 0 Å². The number of aromatic nitrogens is 6.